The van der Waals surface area contributed by atoms with Crippen LogP contribution >= 0.6 is 0 Å². The van der Waals surface area contributed by atoms with Gasteiger partial charge in [0.05, 0.1) is 5.69 Å². The summed E-state index contributed by atoms with van der Waals surface area (Å²) in [6.07, 6.45) is 9.74. The van der Waals surface area contributed by atoms with E-state index in [9.17, 15) is 0 Å². The SMILES string of the molecule is Cc1n[nH]c(C)c1CC1C=CC=C1. The van der Waals surface area contributed by atoms with Gasteiger partial charge >= 0.3 is 0 Å². The molecule has 0 saturated heterocycles. The highest BCUT2D eigenvalue weighted by Crippen LogP contribution is 2.19. The van der Waals surface area contributed by atoms with Crippen LogP contribution in [0.5, 0.6) is 0 Å². The van der Waals surface area contributed by atoms with Gasteiger partial charge in [0.1, 0.15) is 0 Å². The first-order chi connectivity index (χ1) is 6.27. The van der Waals surface area contributed by atoms with Crippen LogP contribution in [-0.4, -0.2) is 10.2 Å². The molecule has 0 radical (unpaired) electrons. The summed E-state index contributed by atoms with van der Waals surface area (Å²) in [6.45, 7) is 4.14. The molecule has 0 saturated carbocycles. The minimum absolute atomic E-state index is 0.565. The van der Waals surface area contributed by atoms with Gasteiger partial charge in [0, 0.05) is 5.69 Å². The summed E-state index contributed by atoms with van der Waals surface area (Å²) in [7, 11) is 0. The molecule has 1 aliphatic carbocycles. The van der Waals surface area contributed by atoms with Crippen molar-refractivity contribution in [2.45, 2.75) is 20.3 Å². The van der Waals surface area contributed by atoms with Crippen molar-refractivity contribution in [2.24, 2.45) is 5.92 Å². The summed E-state index contributed by atoms with van der Waals surface area (Å²) >= 11 is 0. The van der Waals surface area contributed by atoms with E-state index in [4.69, 9.17) is 0 Å². The van der Waals surface area contributed by atoms with Crippen LogP contribution in [0.4, 0.5) is 0 Å². The number of H-pyrrole nitrogens is 1. The molecule has 1 aromatic rings. The molecule has 2 heteroatoms. The number of hydrogen-bond donors (Lipinski definition) is 1. The first kappa shape index (κ1) is 8.30. The minimum Gasteiger partial charge on any atom is -0.282 e. The minimum atomic E-state index is 0.565. The molecule has 68 valence electrons. The Morgan fingerprint density at radius 2 is 2.00 bits per heavy atom. The molecule has 2 rings (SSSR count). The van der Waals surface area contributed by atoms with Crippen LogP contribution in [0, 0.1) is 19.8 Å². The third-order valence-corrected chi connectivity index (χ3v) is 2.55. The number of hydrogen-bond acceptors (Lipinski definition) is 1. The number of aromatic amines is 1. The molecular weight excluding hydrogens is 160 g/mol. The summed E-state index contributed by atoms with van der Waals surface area (Å²) in [5, 5.41) is 7.20. The van der Waals surface area contributed by atoms with Gasteiger partial charge < -0.3 is 0 Å². The lowest BCUT2D eigenvalue weighted by molar-refractivity contribution is 0.805. The molecule has 2 nitrogen and oxygen atoms in total. The lowest BCUT2D eigenvalue weighted by Crippen LogP contribution is -1.98. The van der Waals surface area contributed by atoms with E-state index in [2.05, 4.69) is 48.3 Å². The van der Waals surface area contributed by atoms with Crippen molar-refractivity contribution in [3.63, 3.8) is 0 Å². The van der Waals surface area contributed by atoms with Crippen LogP contribution in [0.2, 0.25) is 0 Å². The van der Waals surface area contributed by atoms with Crippen molar-refractivity contribution >= 4 is 0 Å². The normalized spacial score (nSPS) is 15.8. The zero-order valence-electron chi connectivity index (χ0n) is 8.04. The van der Waals surface area contributed by atoms with Crippen molar-refractivity contribution in [1.82, 2.24) is 10.2 Å². The van der Waals surface area contributed by atoms with Gasteiger partial charge in [0.15, 0.2) is 0 Å². The summed E-state index contributed by atoms with van der Waals surface area (Å²) < 4.78 is 0. The fourth-order valence-electron chi connectivity index (χ4n) is 1.72. The molecule has 1 N–H and O–H groups in total. The largest absolute Gasteiger partial charge is 0.282 e. The Bertz CT molecular complexity index is 327. The lowest BCUT2D eigenvalue weighted by Gasteiger charge is -2.04. The monoisotopic (exact) mass is 174 g/mol. The van der Waals surface area contributed by atoms with E-state index in [0.717, 1.165) is 12.1 Å². The van der Waals surface area contributed by atoms with Crippen LogP contribution in [-0.2, 0) is 6.42 Å². The predicted molar refractivity (Wildman–Crippen MR) is 53.5 cm³/mol. The molecule has 0 aliphatic heterocycles. The molecule has 1 aromatic heterocycles. The molecule has 13 heavy (non-hydrogen) atoms. The summed E-state index contributed by atoms with van der Waals surface area (Å²) in [4.78, 5) is 0. The molecule has 1 aliphatic rings. The Labute approximate surface area is 78.4 Å². The third kappa shape index (κ3) is 1.57. The van der Waals surface area contributed by atoms with E-state index >= 15 is 0 Å². The van der Waals surface area contributed by atoms with Crippen molar-refractivity contribution in [2.75, 3.05) is 0 Å². The molecule has 0 aromatic carbocycles. The Hall–Kier alpha value is -1.31. The first-order valence-corrected chi connectivity index (χ1v) is 4.63. The number of nitrogens with zero attached hydrogens (tertiary/aromatic N) is 1. The fourth-order valence-corrected chi connectivity index (χ4v) is 1.72. The molecule has 0 bridgehead atoms. The van der Waals surface area contributed by atoms with Crippen molar-refractivity contribution in [3.05, 3.63) is 41.3 Å². The summed E-state index contributed by atoms with van der Waals surface area (Å²) in [5.74, 6) is 0.565. The third-order valence-electron chi connectivity index (χ3n) is 2.55. The highest BCUT2D eigenvalue weighted by atomic mass is 15.1. The lowest BCUT2D eigenvalue weighted by atomic mass is 10.00. The van der Waals surface area contributed by atoms with Gasteiger partial charge in [0.25, 0.3) is 0 Å². The van der Waals surface area contributed by atoms with Crippen LogP contribution in [0.25, 0.3) is 0 Å². The van der Waals surface area contributed by atoms with Gasteiger partial charge in [-0.2, -0.15) is 5.10 Å². The number of rotatable bonds is 2. The molecular formula is C11H14N2. The Morgan fingerprint density at radius 1 is 1.31 bits per heavy atom. The smallest absolute Gasteiger partial charge is 0.0626 e. The van der Waals surface area contributed by atoms with Gasteiger partial charge in [-0.15, -0.1) is 0 Å². The van der Waals surface area contributed by atoms with Crippen LogP contribution in [0.15, 0.2) is 24.3 Å². The van der Waals surface area contributed by atoms with Gasteiger partial charge in [-0.3, -0.25) is 5.10 Å². The molecule has 0 unspecified atom stereocenters. The number of allylic oxidation sites excluding steroid dienone is 4. The summed E-state index contributed by atoms with van der Waals surface area (Å²) in [6, 6.07) is 0. The highest BCUT2D eigenvalue weighted by Gasteiger charge is 2.11. The number of nitrogens with one attached hydrogen (secondary N) is 1. The van der Waals surface area contributed by atoms with E-state index < -0.39 is 0 Å². The molecule has 0 amide bonds. The summed E-state index contributed by atoms with van der Waals surface area (Å²) in [5.41, 5.74) is 3.69. The van der Waals surface area contributed by atoms with Gasteiger partial charge in [-0.1, -0.05) is 24.3 Å². The molecule has 0 atom stereocenters. The van der Waals surface area contributed by atoms with E-state index in [-0.39, 0.29) is 0 Å². The zero-order valence-corrected chi connectivity index (χ0v) is 8.04. The quantitative estimate of drug-likeness (QED) is 0.732. The highest BCUT2D eigenvalue weighted by molar-refractivity contribution is 5.28. The molecule has 0 spiro atoms. The number of aryl methyl sites for hydroxylation is 2. The molecule has 1 heterocycles. The maximum absolute atomic E-state index is 4.19. The second-order valence-electron chi connectivity index (χ2n) is 3.55. The standard InChI is InChI=1S/C11H14N2/c1-8-11(9(2)13-12-8)7-10-5-3-4-6-10/h3-6,10H,7H2,1-2H3,(H,12,13). The first-order valence-electron chi connectivity index (χ1n) is 4.63. The molecule has 0 fully saturated rings. The average Bonchev–Trinajstić information content (AvgIpc) is 2.70. The van der Waals surface area contributed by atoms with Gasteiger partial charge in [-0.05, 0) is 31.7 Å². The maximum Gasteiger partial charge on any atom is 0.0626 e. The van der Waals surface area contributed by atoms with Crippen molar-refractivity contribution in [3.8, 4) is 0 Å². The second kappa shape index (κ2) is 3.21. The van der Waals surface area contributed by atoms with Gasteiger partial charge in [0.2, 0.25) is 0 Å². The van der Waals surface area contributed by atoms with E-state index in [1.165, 1.54) is 11.3 Å². The van der Waals surface area contributed by atoms with E-state index in [1.807, 2.05) is 0 Å². The topological polar surface area (TPSA) is 28.7 Å². The van der Waals surface area contributed by atoms with E-state index in [0.29, 0.717) is 5.92 Å². The van der Waals surface area contributed by atoms with Crippen molar-refractivity contribution in [1.29, 1.82) is 0 Å². The van der Waals surface area contributed by atoms with Crippen LogP contribution < -0.4 is 0 Å². The average molecular weight is 174 g/mol. The van der Waals surface area contributed by atoms with Crippen LogP contribution in [0.1, 0.15) is 17.0 Å². The predicted octanol–water partition coefficient (Wildman–Crippen LogP) is 2.31. The maximum atomic E-state index is 4.19. The zero-order chi connectivity index (χ0) is 9.26. The Kier molecular flexibility index (Phi) is 2.05. The fraction of sp³-hybridized carbons (Fsp3) is 0.364. The van der Waals surface area contributed by atoms with Gasteiger partial charge in [-0.25, -0.2) is 0 Å². The number of aromatic nitrogens is 2. The van der Waals surface area contributed by atoms with Crippen LogP contribution in [0.3, 0.4) is 0 Å². The van der Waals surface area contributed by atoms with E-state index in [1.54, 1.807) is 0 Å². The van der Waals surface area contributed by atoms with Crippen molar-refractivity contribution < 1.29 is 0 Å². The Balaban J connectivity index is 2.17. The Morgan fingerprint density at radius 3 is 2.54 bits per heavy atom. The second-order valence-corrected chi connectivity index (χ2v) is 3.55.